The maximum absolute atomic E-state index is 13.6. The molecule has 0 bridgehead atoms. The summed E-state index contributed by atoms with van der Waals surface area (Å²) in [6.45, 7) is 2.27. The van der Waals surface area contributed by atoms with E-state index in [1.54, 1.807) is 17.1 Å². The van der Waals surface area contributed by atoms with Crippen LogP contribution < -0.4 is 5.32 Å². The van der Waals surface area contributed by atoms with Gasteiger partial charge in [-0.05, 0) is 18.6 Å². The molecule has 1 aromatic heterocycles. The Balaban J connectivity index is 2.03. The number of aliphatic hydroxyl groups excluding tert-OH is 1. The molecule has 0 aliphatic heterocycles. The van der Waals surface area contributed by atoms with E-state index < -0.39 is 11.6 Å². The molecule has 0 saturated carbocycles. The van der Waals surface area contributed by atoms with Crippen LogP contribution in [0.15, 0.2) is 24.5 Å². The summed E-state index contributed by atoms with van der Waals surface area (Å²) in [5.74, 6) is -0.929. The monoisotopic (exact) mass is 267 g/mol. The largest absolute Gasteiger partial charge is 0.394 e. The lowest BCUT2D eigenvalue weighted by Gasteiger charge is -2.07. The highest BCUT2D eigenvalue weighted by molar-refractivity contribution is 5.47. The van der Waals surface area contributed by atoms with Gasteiger partial charge in [-0.25, -0.2) is 8.78 Å². The predicted molar refractivity (Wildman–Crippen MR) is 67.7 cm³/mol. The summed E-state index contributed by atoms with van der Waals surface area (Å²) in [7, 11) is 0. The molecule has 0 atom stereocenters. The topological polar surface area (TPSA) is 50.1 Å². The van der Waals surface area contributed by atoms with E-state index in [1.807, 2.05) is 0 Å². The van der Waals surface area contributed by atoms with Gasteiger partial charge in [0.25, 0.3) is 0 Å². The van der Waals surface area contributed by atoms with E-state index in [9.17, 15) is 8.78 Å². The van der Waals surface area contributed by atoms with Gasteiger partial charge in [-0.3, -0.25) is 4.68 Å². The van der Waals surface area contributed by atoms with Gasteiger partial charge in [0.2, 0.25) is 0 Å². The van der Waals surface area contributed by atoms with Gasteiger partial charge in [0.1, 0.15) is 11.6 Å². The lowest BCUT2D eigenvalue weighted by molar-refractivity contribution is 0.269. The van der Waals surface area contributed by atoms with E-state index in [4.69, 9.17) is 5.11 Å². The first kappa shape index (κ1) is 13.5. The molecule has 0 spiro atoms. The van der Waals surface area contributed by atoms with Crippen LogP contribution in [0.1, 0.15) is 11.1 Å². The van der Waals surface area contributed by atoms with Gasteiger partial charge < -0.3 is 10.4 Å². The van der Waals surface area contributed by atoms with Crippen molar-refractivity contribution >= 4 is 5.69 Å². The van der Waals surface area contributed by atoms with Crippen LogP contribution >= 0.6 is 0 Å². The van der Waals surface area contributed by atoms with Crippen molar-refractivity contribution in [3.8, 4) is 0 Å². The number of aryl methyl sites for hydroxylation is 1. The Bertz CT molecular complexity index is 569. The quantitative estimate of drug-likeness (QED) is 0.872. The third kappa shape index (κ3) is 3.29. The van der Waals surface area contributed by atoms with Gasteiger partial charge in [-0.1, -0.05) is 0 Å². The van der Waals surface area contributed by atoms with Crippen molar-refractivity contribution in [2.75, 3.05) is 11.9 Å². The van der Waals surface area contributed by atoms with Crippen molar-refractivity contribution in [1.82, 2.24) is 9.78 Å². The second-order valence-electron chi connectivity index (χ2n) is 4.27. The fourth-order valence-corrected chi connectivity index (χ4v) is 1.70. The molecule has 2 rings (SSSR count). The Hall–Kier alpha value is -1.95. The smallest absolute Gasteiger partial charge is 0.146 e. The zero-order chi connectivity index (χ0) is 13.8. The summed E-state index contributed by atoms with van der Waals surface area (Å²) in [4.78, 5) is 0. The van der Waals surface area contributed by atoms with Crippen molar-refractivity contribution in [2.45, 2.75) is 20.0 Å². The molecule has 19 heavy (non-hydrogen) atoms. The fourth-order valence-electron chi connectivity index (χ4n) is 1.70. The molecule has 1 heterocycles. The number of hydrogen-bond acceptors (Lipinski definition) is 3. The Labute approximate surface area is 109 Å². The number of benzene rings is 1. The number of rotatable bonds is 5. The standard InChI is InChI=1S/C13H15F2N3O/c1-9-4-12(15)13(5-11(9)14)16-6-10-7-17-18(8-10)2-3-19/h4-5,7-8,16,19H,2-3,6H2,1H3. The van der Waals surface area contributed by atoms with Gasteiger partial charge in [0.05, 0.1) is 25.0 Å². The van der Waals surface area contributed by atoms with Crippen LogP contribution in [0.5, 0.6) is 0 Å². The van der Waals surface area contributed by atoms with E-state index in [1.165, 1.54) is 6.92 Å². The van der Waals surface area contributed by atoms with Gasteiger partial charge in [-0.2, -0.15) is 5.10 Å². The molecule has 2 N–H and O–H groups in total. The molecule has 0 aliphatic carbocycles. The second-order valence-corrected chi connectivity index (χ2v) is 4.27. The average Bonchev–Trinajstić information content (AvgIpc) is 2.80. The fraction of sp³-hybridized carbons (Fsp3) is 0.308. The lowest BCUT2D eigenvalue weighted by atomic mass is 10.2. The Morgan fingerprint density at radius 1 is 1.32 bits per heavy atom. The molecule has 0 saturated heterocycles. The van der Waals surface area contributed by atoms with Crippen LogP contribution in [0.4, 0.5) is 14.5 Å². The molecule has 0 fully saturated rings. The number of nitrogens with zero attached hydrogens (tertiary/aromatic N) is 2. The van der Waals surface area contributed by atoms with Crippen molar-refractivity contribution in [3.63, 3.8) is 0 Å². The molecule has 0 aliphatic rings. The maximum Gasteiger partial charge on any atom is 0.146 e. The zero-order valence-corrected chi connectivity index (χ0v) is 10.5. The van der Waals surface area contributed by atoms with E-state index in [0.29, 0.717) is 13.1 Å². The first-order valence-electron chi connectivity index (χ1n) is 5.92. The Kier molecular flexibility index (Phi) is 4.11. The molecule has 0 amide bonds. The van der Waals surface area contributed by atoms with E-state index >= 15 is 0 Å². The van der Waals surface area contributed by atoms with E-state index in [-0.39, 0.29) is 17.9 Å². The highest BCUT2D eigenvalue weighted by Gasteiger charge is 2.07. The summed E-state index contributed by atoms with van der Waals surface area (Å²) >= 11 is 0. The first-order valence-corrected chi connectivity index (χ1v) is 5.92. The zero-order valence-electron chi connectivity index (χ0n) is 10.5. The molecule has 0 unspecified atom stereocenters. The number of anilines is 1. The number of aliphatic hydroxyl groups is 1. The van der Waals surface area contributed by atoms with Gasteiger partial charge in [0.15, 0.2) is 0 Å². The molecule has 6 heteroatoms. The van der Waals surface area contributed by atoms with Gasteiger partial charge in [0, 0.05) is 24.4 Å². The van der Waals surface area contributed by atoms with Gasteiger partial charge >= 0.3 is 0 Å². The summed E-state index contributed by atoms with van der Waals surface area (Å²) in [5, 5.41) is 15.6. The normalized spacial score (nSPS) is 10.7. The van der Waals surface area contributed by atoms with Crippen LogP contribution in [-0.4, -0.2) is 21.5 Å². The van der Waals surface area contributed by atoms with Crippen LogP contribution in [0.2, 0.25) is 0 Å². The summed E-state index contributed by atoms with van der Waals surface area (Å²) in [5.41, 5.74) is 1.23. The number of nitrogens with one attached hydrogen (secondary N) is 1. The van der Waals surface area contributed by atoms with Gasteiger partial charge in [-0.15, -0.1) is 0 Å². The summed E-state index contributed by atoms with van der Waals surface area (Å²) in [6, 6.07) is 2.30. The van der Waals surface area contributed by atoms with Crippen molar-refractivity contribution in [2.24, 2.45) is 0 Å². The second kappa shape index (κ2) is 5.79. The maximum atomic E-state index is 13.6. The molecule has 102 valence electrons. The highest BCUT2D eigenvalue weighted by atomic mass is 19.1. The molecule has 1 aromatic carbocycles. The van der Waals surface area contributed by atoms with E-state index in [2.05, 4.69) is 10.4 Å². The molecular formula is C13H15F2N3O. The third-order valence-corrected chi connectivity index (χ3v) is 2.75. The summed E-state index contributed by atoms with van der Waals surface area (Å²) in [6.07, 6.45) is 3.36. The minimum Gasteiger partial charge on any atom is -0.394 e. The molecule has 4 nitrogen and oxygen atoms in total. The molecule has 2 aromatic rings. The Morgan fingerprint density at radius 2 is 2.11 bits per heavy atom. The first-order chi connectivity index (χ1) is 9.10. The number of hydrogen-bond donors (Lipinski definition) is 2. The van der Waals surface area contributed by atoms with Crippen LogP contribution in [0, 0.1) is 18.6 Å². The van der Waals surface area contributed by atoms with Crippen LogP contribution in [0.3, 0.4) is 0 Å². The highest BCUT2D eigenvalue weighted by Crippen LogP contribution is 2.19. The van der Waals surface area contributed by atoms with Crippen molar-refractivity contribution < 1.29 is 13.9 Å². The lowest BCUT2D eigenvalue weighted by Crippen LogP contribution is -2.03. The third-order valence-electron chi connectivity index (χ3n) is 2.75. The minimum absolute atomic E-state index is 0.00630. The minimum atomic E-state index is -0.485. The number of aromatic nitrogens is 2. The molecule has 0 radical (unpaired) electrons. The van der Waals surface area contributed by atoms with Crippen LogP contribution in [0.25, 0.3) is 0 Å². The number of halogens is 2. The predicted octanol–water partition coefficient (Wildman–Crippen LogP) is 2.07. The van der Waals surface area contributed by atoms with Crippen molar-refractivity contribution in [3.05, 3.63) is 47.3 Å². The average molecular weight is 267 g/mol. The Morgan fingerprint density at radius 3 is 2.84 bits per heavy atom. The van der Waals surface area contributed by atoms with Crippen LogP contribution in [-0.2, 0) is 13.1 Å². The summed E-state index contributed by atoms with van der Waals surface area (Å²) < 4.78 is 28.5. The van der Waals surface area contributed by atoms with Crippen molar-refractivity contribution in [1.29, 1.82) is 0 Å². The SMILES string of the molecule is Cc1cc(F)c(NCc2cnn(CCO)c2)cc1F. The molecular weight excluding hydrogens is 252 g/mol. The van der Waals surface area contributed by atoms with E-state index in [0.717, 1.165) is 17.7 Å².